The van der Waals surface area contributed by atoms with Crippen LogP contribution in [0.25, 0.3) is 32.8 Å². The van der Waals surface area contributed by atoms with Gasteiger partial charge in [0.05, 0.1) is 10.9 Å². The number of aryl methyl sites for hydroxylation is 4. The van der Waals surface area contributed by atoms with Gasteiger partial charge >= 0.3 is 0 Å². The number of pyridine rings is 1. The molecule has 0 N–H and O–H groups in total. The van der Waals surface area contributed by atoms with Gasteiger partial charge < -0.3 is 0 Å². The van der Waals surface area contributed by atoms with Crippen molar-refractivity contribution in [2.45, 2.75) is 27.7 Å². The van der Waals surface area contributed by atoms with E-state index in [1.54, 1.807) is 12.1 Å². The van der Waals surface area contributed by atoms with Crippen LogP contribution >= 0.6 is 0 Å². The number of aromatic nitrogens is 1. The number of halogens is 1. The molecule has 0 bridgehead atoms. The van der Waals surface area contributed by atoms with Crippen LogP contribution in [0.5, 0.6) is 0 Å². The third kappa shape index (κ3) is 2.40. The summed E-state index contributed by atoms with van der Waals surface area (Å²) in [5.41, 5.74) is 7.23. The predicted molar refractivity (Wildman–Crippen MR) is 107 cm³/mol. The summed E-state index contributed by atoms with van der Waals surface area (Å²) >= 11 is 0. The lowest BCUT2D eigenvalue weighted by molar-refractivity contribution is -0.659. The summed E-state index contributed by atoms with van der Waals surface area (Å²) in [4.78, 5) is 0. The van der Waals surface area contributed by atoms with Crippen molar-refractivity contribution in [1.29, 1.82) is 0 Å². The van der Waals surface area contributed by atoms with Crippen LogP contribution in [0.1, 0.15) is 22.3 Å². The average molecular weight is 344 g/mol. The molecule has 0 atom stereocenters. The summed E-state index contributed by atoms with van der Waals surface area (Å²) in [6.45, 7) is 8.47. The first kappa shape index (κ1) is 16.7. The van der Waals surface area contributed by atoms with Gasteiger partial charge in [0.2, 0.25) is 5.69 Å². The minimum absolute atomic E-state index is 0.153. The molecule has 0 aliphatic heterocycles. The van der Waals surface area contributed by atoms with Crippen LogP contribution in [0.3, 0.4) is 0 Å². The number of hydrogen-bond donors (Lipinski definition) is 0. The van der Waals surface area contributed by atoms with Gasteiger partial charge in [0, 0.05) is 16.8 Å². The second-order valence-corrected chi connectivity index (χ2v) is 7.35. The summed E-state index contributed by atoms with van der Waals surface area (Å²) < 4.78 is 16.6. The normalized spacial score (nSPS) is 11.5. The highest BCUT2D eigenvalue weighted by Crippen LogP contribution is 2.35. The largest absolute Gasteiger partial charge is 0.220 e. The second kappa shape index (κ2) is 5.91. The fourth-order valence-corrected chi connectivity index (χ4v) is 4.11. The number of rotatable bonds is 1. The Morgan fingerprint density at radius 2 is 1.58 bits per heavy atom. The molecular weight excluding hydrogens is 321 g/mol. The Morgan fingerprint density at radius 1 is 0.808 bits per heavy atom. The van der Waals surface area contributed by atoms with E-state index in [-0.39, 0.29) is 5.82 Å². The van der Waals surface area contributed by atoms with Crippen LogP contribution in [0.2, 0.25) is 0 Å². The van der Waals surface area contributed by atoms with Gasteiger partial charge in [-0.15, -0.1) is 0 Å². The minimum atomic E-state index is -0.153. The maximum absolute atomic E-state index is 14.4. The molecule has 3 aromatic carbocycles. The zero-order valence-electron chi connectivity index (χ0n) is 15.9. The van der Waals surface area contributed by atoms with E-state index in [4.69, 9.17) is 0 Å². The lowest BCUT2D eigenvalue weighted by Crippen LogP contribution is -2.31. The van der Waals surface area contributed by atoms with Crippen LogP contribution in [0.4, 0.5) is 4.39 Å². The van der Waals surface area contributed by atoms with Crippen molar-refractivity contribution >= 4 is 21.5 Å². The number of hydrogen-bond acceptors (Lipinski definition) is 0. The van der Waals surface area contributed by atoms with Crippen molar-refractivity contribution in [3.8, 4) is 11.3 Å². The van der Waals surface area contributed by atoms with Crippen LogP contribution in [0, 0.1) is 33.5 Å². The molecule has 1 aromatic heterocycles. The third-order valence-electron chi connectivity index (χ3n) is 5.49. The summed E-state index contributed by atoms with van der Waals surface area (Å²) in [7, 11) is 2.08. The molecule has 26 heavy (non-hydrogen) atoms. The highest BCUT2D eigenvalue weighted by atomic mass is 19.1. The van der Waals surface area contributed by atoms with Crippen molar-refractivity contribution in [1.82, 2.24) is 0 Å². The van der Waals surface area contributed by atoms with E-state index in [9.17, 15) is 4.39 Å². The molecule has 0 unspecified atom stereocenters. The highest BCUT2D eigenvalue weighted by Gasteiger charge is 2.20. The molecule has 0 radical (unpaired) electrons. The lowest BCUT2D eigenvalue weighted by Gasteiger charge is -2.14. The van der Waals surface area contributed by atoms with Gasteiger partial charge in [-0.2, -0.15) is 0 Å². The van der Waals surface area contributed by atoms with Gasteiger partial charge in [-0.3, -0.25) is 0 Å². The highest BCUT2D eigenvalue weighted by molar-refractivity contribution is 6.12. The Kier molecular flexibility index (Phi) is 3.80. The maximum atomic E-state index is 14.4. The first-order chi connectivity index (χ1) is 12.4. The Balaban J connectivity index is 2.21. The first-order valence-electron chi connectivity index (χ1n) is 8.97. The lowest BCUT2D eigenvalue weighted by atomic mass is 9.91. The first-order valence-corrected chi connectivity index (χ1v) is 8.97. The Hall–Kier alpha value is -2.74. The van der Waals surface area contributed by atoms with Crippen LogP contribution in [0.15, 0.2) is 48.7 Å². The third-order valence-corrected chi connectivity index (χ3v) is 5.49. The summed E-state index contributed by atoms with van der Waals surface area (Å²) in [6, 6.07) is 14.1. The predicted octanol–water partition coefficient (Wildman–Crippen LogP) is 5.86. The van der Waals surface area contributed by atoms with Crippen molar-refractivity contribution < 1.29 is 8.96 Å². The van der Waals surface area contributed by atoms with E-state index in [1.807, 2.05) is 13.0 Å². The van der Waals surface area contributed by atoms with E-state index in [2.05, 4.69) is 62.8 Å². The standard InChI is InChI=1S/C24H23FN/c1-14-11-15(2)17(4)20(12-14)24-21-13-16(3)23-19(7-6-8-22(23)25)18(21)9-10-26(24)5/h6-13H,1-5H3/q+1. The van der Waals surface area contributed by atoms with Crippen molar-refractivity contribution in [2.75, 3.05) is 0 Å². The minimum Gasteiger partial charge on any atom is -0.206 e. The molecule has 1 heterocycles. The van der Waals surface area contributed by atoms with E-state index in [0.717, 1.165) is 21.7 Å². The van der Waals surface area contributed by atoms with Crippen LogP contribution in [-0.4, -0.2) is 0 Å². The molecule has 2 heteroatoms. The van der Waals surface area contributed by atoms with Crippen molar-refractivity contribution in [3.63, 3.8) is 0 Å². The number of benzene rings is 3. The van der Waals surface area contributed by atoms with Crippen LogP contribution in [-0.2, 0) is 7.05 Å². The summed E-state index contributed by atoms with van der Waals surface area (Å²) in [5.74, 6) is -0.153. The molecule has 0 amide bonds. The fourth-order valence-electron chi connectivity index (χ4n) is 4.11. The van der Waals surface area contributed by atoms with Gasteiger partial charge in [-0.25, -0.2) is 8.96 Å². The Bertz CT molecular complexity index is 1190. The monoisotopic (exact) mass is 344 g/mol. The van der Waals surface area contributed by atoms with Gasteiger partial charge in [-0.05, 0) is 68.0 Å². The molecule has 0 aliphatic rings. The molecule has 1 nitrogen and oxygen atoms in total. The zero-order chi connectivity index (χ0) is 18.6. The second-order valence-electron chi connectivity index (χ2n) is 7.35. The molecule has 0 aliphatic carbocycles. The van der Waals surface area contributed by atoms with Crippen LogP contribution < -0.4 is 4.57 Å². The molecule has 4 aromatic rings. The summed E-state index contributed by atoms with van der Waals surface area (Å²) in [5, 5.41) is 3.95. The van der Waals surface area contributed by atoms with Gasteiger partial charge in [0.25, 0.3) is 0 Å². The molecule has 130 valence electrons. The SMILES string of the molecule is Cc1cc(C)c(C)c(-c2c3cc(C)c4c(F)cccc4c3cc[n+]2C)c1. The smallest absolute Gasteiger partial charge is 0.206 e. The molecule has 0 saturated carbocycles. The summed E-state index contributed by atoms with van der Waals surface area (Å²) in [6.07, 6.45) is 2.08. The van der Waals surface area contributed by atoms with Crippen molar-refractivity contribution in [2.24, 2.45) is 7.05 Å². The molecule has 0 fully saturated rings. The Labute approximate surface area is 153 Å². The van der Waals surface area contributed by atoms with Crippen molar-refractivity contribution in [3.05, 3.63) is 76.7 Å². The van der Waals surface area contributed by atoms with Gasteiger partial charge in [0.15, 0.2) is 6.20 Å². The quantitative estimate of drug-likeness (QED) is 0.301. The van der Waals surface area contributed by atoms with E-state index in [0.29, 0.717) is 0 Å². The molecular formula is C24H23FN+. The molecule has 4 rings (SSSR count). The zero-order valence-corrected chi connectivity index (χ0v) is 15.9. The van der Waals surface area contributed by atoms with Gasteiger partial charge in [0.1, 0.15) is 12.9 Å². The van der Waals surface area contributed by atoms with E-state index >= 15 is 0 Å². The van der Waals surface area contributed by atoms with E-state index < -0.39 is 0 Å². The number of nitrogens with zero attached hydrogens (tertiary/aromatic N) is 1. The maximum Gasteiger partial charge on any atom is 0.220 e. The average Bonchev–Trinajstić information content (AvgIpc) is 2.58. The topological polar surface area (TPSA) is 3.88 Å². The molecule has 0 saturated heterocycles. The van der Waals surface area contributed by atoms with Gasteiger partial charge in [-0.1, -0.05) is 23.8 Å². The Morgan fingerprint density at radius 3 is 2.35 bits per heavy atom. The molecule has 0 spiro atoms. The number of fused-ring (bicyclic) bond motifs is 3. The fraction of sp³-hybridized carbons (Fsp3) is 0.208. The van der Waals surface area contributed by atoms with E-state index in [1.165, 1.54) is 33.3 Å².